The Labute approximate surface area is 212 Å². The lowest BCUT2D eigenvalue weighted by molar-refractivity contribution is 0.531. The summed E-state index contributed by atoms with van der Waals surface area (Å²) in [6, 6.07) is 16.2. The Morgan fingerprint density at radius 3 is 2.41 bits per heavy atom. The van der Waals surface area contributed by atoms with E-state index in [9.17, 15) is 9.59 Å². The number of imidazole rings is 1. The second kappa shape index (κ2) is 9.27. The van der Waals surface area contributed by atoms with Gasteiger partial charge in [-0.1, -0.05) is 55.5 Å². The first-order valence-corrected chi connectivity index (χ1v) is 12.7. The van der Waals surface area contributed by atoms with E-state index in [-0.39, 0.29) is 11.2 Å². The molecular formula is C27H28N8O2. The smallest absolute Gasteiger partial charge is 0.318 e. The van der Waals surface area contributed by atoms with Crippen LogP contribution >= 0.6 is 0 Å². The van der Waals surface area contributed by atoms with Crippen molar-refractivity contribution in [2.75, 3.05) is 0 Å². The van der Waals surface area contributed by atoms with Gasteiger partial charge in [-0.05, 0) is 59.2 Å². The van der Waals surface area contributed by atoms with Gasteiger partial charge in [0.2, 0.25) is 0 Å². The number of aromatic amines is 1. The molecular weight excluding hydrogens is 468 g/mol. The van der Waals surface area contributed by atoms with E-state index in [0.29, 0.717) is 48.4 Å². The normalized spacial score (nSPS) is 13.5. The highest BCUT2D eigenvalue weighted by Gasteiger charge is 2.26. The van der Waals surface area contributed by atoms with Crippen LogP contribution in [0.5, 0.6) is 0 Å². The Bertz CT molecular complexity index is 1690. The Kier molecular flexibility index (Phi) is 5.78. The molecule has 1 aliphatic carbocycles. The molecule has 1 aliphatic rings. The van der Waals surface area contributed by atoms with E-state index in [4.69, 9.17) is 0 Å². The van der Waals surface area contributed by atoms with E-state index in [1.54, 1.807) is 4.57 Å². The van der Waals surface area contributed by atoms with Crippen LogP contribution in [0, 0.1) is 12.8 Å². The van der Waals surface area contributed by atoms with Crippen molar-refractivity contribution in [1.29, 1.82) is 0 Å². The second-order valence-corrected chi connectivity index (χ2v) is 9.70. The molecule has 10 nitrogen and oxygen atoms in total. The zero-order valence-corrected chi connectivity index (χ0v) is 20.9. The van der Waals surface area contributed by atoms with Crippen LogP contribution in [-0.2, 0) is 19.6 Å². The lowest BCUT2D eigenvalue weighted by Crippen LogP contribution is -2.41. The number of benzene rings is 2. The minimum Gasteiger partial charge on any atom is -0.318 e. The van der Waals surface area contributed by atoms with Crippen molar-refractivity contribution in [3.05, 3.63) is 80.8 Å². The predicted octanol–water partition coefficient (Wildman–Crippen LogP) is 3.38. The summed E-state index contributed by atoms with van der Waals surface area (Å²) in [6.07, 6.45) is 2.92. The molecule has 10 heteroatoms. The molecule has 1 fully saturated rings. The van der Waals surface area contributed by atoms with Crippen LogP contribution in [0.2, 0.25) is 0 Å². The molecule has 37 heavy (non-hydrogen) atoms. The SMILES string of the molecule is CCCn1c(=O)n(CC2CC2)c(=O)c2c1nc(C)n2Cc1ccc(-c2ccccc2-c2nnn[nH]2)cc1. The van der Waals surface area contributed by atoms with Crippen LogP contribution < -0.4 is 11.2 Å². The Morgan fingerprint density at radius 1 is 0.973 bits per heavy atom. The van der Waals surface area contributed by atoms with Gasteiger partial charge in [-0.15, -0.1) is 5.10 Å². The van der Waals surface area contributed by atoms with E-state index in [2.05, 4.69) is 49.9 Å². The zero-order valence-electron chi connectivity index (χ0n) is 20.9. The summed E-state index contributed by atoms with van der Waals surface area (Å²) in [5.74, 6) is 1.74. The van der Waals surface area contributed by atoms with Crippen LogP contribution in [0.1, 0.15) is 37.6 Å². The third-order valence-electron chi connectivity index (χ3n) is 7.02. The number of nitrogens with one attached hydrogen (secondary N) is 1. The Hall–Kier alpha value is -4.34. The maximum Gasteiger partial charge on any atom is 0.332 e. The fourth-order valence-electron chi connectivity index (χ4n) is 4.92. The highest BCUT2D eigenvalue weighted by molar-refractivity contribution is 5.80. The van der Waals surface area contributed by atoms with Crippen molar-refractivity contribution in [2.45, 2.75) is 52.7 Å². The number of hydrogen-bond acceptors (Lipinski definition) is 6. The summed E-state index contributed by atoms with van der Waals surface area (Å²) >= 11 is 0. The molecule has 0 atom stereocenters. The standard InChI is InChI=1S/C27H28N8O2/c1-3-14-33-25-23(26(36)35(27(33)37)16-18-8-9-18)34(17(2)28-25)15-19-10-12-20(13-11-19)21-6-4-5-7-22(21)24-29-31-32-30-24/h4-7,10-13,18H,3,8-9,14-16H2,1-2H3,(H,29,30,31,32). The van der Waals surface area contributed by atoms with E-state index >= 15 is 0 Å². The third kappa shape index (κ3) is 4.18. The lowest BCUT2D eigenvalue weighted by Gasteiger charge is -2.13. The summed E-state index contributed by atoms with van der Waals surface area (Å²) in [5, 5.41) is 14.3. The molecule has 0 radical (unpaired) electrons. The molecule has 0 unspecified atom stereocenters. The number of aryl methyl sites for hydroxylation is 2. The molecule has 2 aromatic carbocycles. The van der Waals surface area contributed by atoms with Crippen molar-refractivity contribution in [2.24, 2.45) is 5.92 Å². The van der Waals surface area contributed by atoms with Crippen molar-refractivity contribution in [3.8, 4) is 22.5 Å². The van der Waals surface area contributed by atoms with Gasteiger partial charge in [0.15, 0.2) is 17.0 Å². The molecule has 3 aromatic heterocycles. The first kappa shape index (κ1) is 23.1. The average molecular weight is 497 g/mol. The summed E-state index contributed by atoms with van der Waals surface area (Å²) in [7, 11) is 0. The Morgan fingerprint density at radius 2 is 1.73 bits per heavy atom. The van der Waals surface area contributed by atoms with Gasteiger partial charge in [0.05, 0.1) is 0 Å². The van der Waals surface area contributed by atoms with Crippen molar-refractivity contribution < 1.29 is 0 Å². The topological polar surface area (TPSA) is 116 Å². The monoisotopic (exact) mass is 496 g/mol. The second-order valence-electron chi connectivity index (χ2n) is 9.70. The number of rotatable bonds is 8. The predicted molar refractivity (Wildman–Crippen MR) is 140 cm³/mol. The van der Waals surface area contributed by atoms with E-state index in [1.165, 1.54) is 4.57 Å². The van der Waals surface area contributed by atoms with Gasteiger partial charge in [-0.25, -0.2) is 14.9 Å². The first-order valence-electron chi connectivity index (χ1n) is 12.7. The zero-order chi connectivity index (χ0) is 25.5. The average Bonchev–Trinajstić information content (AvgIpc) is 3.45. The van der Waals surface area contributed by atoms with Crippen LogP contribution in [0.15, 0.2) is 58.1 Å². The molecule has 1 N–H and O–H groups in total. The molecule has 3 heterocycles. The van der Waals surface area contributed by atoms with Gasteiger partial charge in [-0.3, -0.25) is 13.9 Å². The molecule has 0 bridgehead atoms. The molecule has 6 rings (SSSR count). The molecule has 0 aliphatic heterocycles. The van der Waals surface area contributed by atoms with Crippen LogP contribution in [0.3, 0.4) is 0 Å². The minimum atomic E-state index is -0.249. The van der Waals surface area contributed by atoms with Crippen LogP contribution in [-0.4, -0.2) is 39.3 Å². The minimum absolute atomic E-state index is 0.244. The molecule has 1 saturated carbocycles. The maximum atomic E-state index is 13.6. The number of aromatic nitrogens is 8. The van der Waals surface area contributed by atoms with Gasteiger partial charge in [0, 0.05) is 25.2 Å². The molecule has 0 saturated heterocycles. The van der Waals surface area contributed by atoms with Crippen molar-refractivity contribution in [1.82, 2.24) is 39.3 Å². The number of tetrazole rings is 1. The van der Waals surface area contributed by atoms with Gasteiger partial charge in [-0.2, -0.15) is 0 Å². The summed E-state index contributed by atoms with van der Waals surface area (Å²) in [5.41, 5.74) is 4.49. The van der Waals surface area contributed by atoms with Gasteiger partial charge in [0.25, 0.3) is 5.56 Å². The summed E-state index contributed by atoms with van der Waals surface area (Å²) in [4.78, 5) is 31.4. The number of hydrogen-bond donors (Lipinski definition) is 1. The summed E-state index contributed by atoms with van der Waals surface area (Å²) in [6.45, 7) is 5.42. The fraction of sp³-hybridized carbons (Fsp3) is 0.333. The summed E-state index contributed by atoms with van der Waals surface area (Å²) < 4.78 is 5.03. The quantitative estimate of drug-likeness (QED) is 0.352. The maximum absolute atomic E-state index is 13.6. The first-order chi connectivity index (χ1) is 18.0. The van der Waals surface area contributed by atoms with E-state index in [1.807, 2.05) is 42.7 Å². The molecule has 188 valence electrons. The number of nitrogens with zero attached hydrogens (tertiary/aromatic N) is 7. The highest BCUT2D eigenvalue weighted by atomic mass is 16.2. The Balaban J connectivity index is 1.39. The van der Waals surface area contributed by atoms with Gasteiger partial charge >= 0.3 is 5.69 Å². The fourth-order valence-corrected chi connectivity index (χ4v) is 4.92. The molecule has 0 spiro atoms. The van der Waals surface area contributed by atoms with E-state index in [0.717, 1.165) is 41.5 Å². The highest BCUT2D eigenvalue weighted by Crippen LogP contribution is 2.31. The third-order valence-corrected chi connectivity index (χ3v) is 7.02. The molecule has 5 aromatic rings. The number of fused-ring (bicyclic) bond motifs is 1. The van der Waals surface area contributed by atoms with Crippen LogP contribution in [0.25, 0.3) is 33.7 Å². The van der Waals surface area contributed by atoms with Crippen LogP contribution in [0.4, 0.5) is 0 Å². The lowest BCUT2D eigenvalue weighted by atomic mass is 9.98. The van der Waals surface area contributed by atoms with E-state index < -0.39 is 0 Å². The van der Waals surface area contributed by atoms with Crippen molar-refractivity contribution in [3.63, 3.8) is 0 Å². The largest absolute Gasteiger partial charge is 0.332 e. The molecule has 0 amide bonds. The number of H-pyrrole nitrogens is 1. The van der Waals surface area contributed by atoms with Gasteiger partial charge in [0.1, 0.15) is 5.82 Å². The van der Waals surface area contributed by atoms with Crippen molar-refractivity contribution >= 4 is 11.2 Å². The van der Waals surface area contributed by atoms with Gasteiger partial charge < -0.3 is 4.57 Å².